The number of piperazine rings is 1. The molecule has 1 aliphatic heterocycles. The highest BCUT2D eigenvalue weighted by molar-refractivity contribution is 4.88. The highest BCUT2D eigenvalue weighted by Crippen LogP contribution is 2.32. The molecular weight excluding hydrogens is 234 g/mol. The summed E-state index contributed by atoms with van der Waals surface area (Å²) >= 11 is 0. The van der Waals surface area contributed by atoms with E-state index in [2.05, 4.69) is 30.6 Å². The van der Waals surface area contributed by atoms with Crippen molar-refractivity contribution in [1.29, 1.82) is 0 Å². The summed E-state index contributed by atoms with van der Waals surface area (Å²) in [5.74, 6) is 2.42. The van der Waals surface area contributed by atoms with E-state index in [-0.39, 0.29) is 0 Å². The Bertz CT molecular complexity index is 259. The van der Waals surface area contributed by atoms with Crippen LogP contribution in [0.15, 0.2) is 0 Å². The van der Waals surface area contributed by atoms with E-state index in [1.165, 1.54) is 52.0 Å². The molecule has 0 amide bonds. The quantitative estimate of drug-likeness (QED) is 0.846. The topological polar surface area (TPSA) is 32.5 Å². The lowest BCUT2D eigenvalue weighted by Crippen LogP contribution is -2.55. The Hall–Kier alpha value is -0.120. The zero-order valence-electron chi connectivity index (χ0n) is 13.1. The van der Waals surface area contributed by atoms with Crippen LogP contribution in [0.5, 0.6) is 0 Å². The predicted molar refractivity (Wildman–Crippen MR) is 82.2 cm³/mol. The summed E-state index contributed by atoms with van der Waals surface area (Å²) < 4.78 is 0. The third-order valence-electron chi connectivity index (χ3n) is 5.02. The molecule has 0 radical (unpaired) electrons. The maximum absolute atomic E-state index is 6.00. The van der Waals surface area contributed by atoms with Crippen LogP contribution in [0.3, 0.4) is 0 Å². The van der Waals surface area contributed by atoms with E-state index in [0.717, 1.165) is 30.3 Å². The van der Waals surface area contributed by atoms with Gasteiger partial charge in [-0.15, -0.1) is 0 Å². The van der Waals surface area contributed by atoms with Crippen LogP contribution in [0.4, 0.5) is 0 Å². The van der Waals surface area contributed by atoms with Crippen LogP contribution in [0, 0.1) is 17.8 Å². The van der Waals surface area contributed by atoms with Crippen molar-refractivity contribution in [3.8, 4) is 0 Å². The van der Waals surface area contributed by atoms with Gasteiger partial charge in [0.25, 0.3) is 0 Å². The van der Waals surface area contributed by atoms with E-state index >= 15 is 0 Å². The number of nitrogens with two attached hydrogens (primary N) is 1. The Morgan fingerprint density at radius 3 is 2.37 bits per heavy atom. The van der Waals surface area contributed by atoms with E-state index < -0.39 is 0 Å². The Morgan fingerprint density at radius 2 is 1.79 bits per heavy atom. The second kappa shape index (κ2) is 7.05. The minimum Gasteiger partial charge on any atom is -0.330 e. The molecule has 0 bridgehead atoms. The standard InChI is InChI=1S/C16H33N3/c1-13(2)12-18-6-8-19(9-7-18)16-10-14(3)4-5-15(16)11-17/h13-16H,4-12,17H2,1-3H3. The fourth-order valence-corrected chi connectivity index (χ4v) is 3.93. The minimum absolute atomic E-state index is 0.743. The van der Waals surface area contributed by atoms with Gasteiger partial charge in [-0.2, -0.15) is 0 Å². The van der Waals surface area contributed by atoms with Gasteiger partial charge in [-0.25, -0.2) is 0 Å². The lowest BCUT2D eigenvalue weighted by atomic mass is 9.78. The molecular formula is C16H33N3. The lowest BCUT2D eigenvalue weighted by molar-refractivity contribution is 0.0366. The maximum atomic E-state index is 6.00. The van der Waals surface area contributed by atoms with Gasteiger partial charge in [0, 0.05) is 38.8 Å². The van der Waals surface area contributed by atoms with Gasteiger partial charge in [0.15, 0.2) is 0 Å². The first-order valence-corrected chi connectivity index (χ1v) is 8.26. The molecule has 2 N–H and O–H groups in total. The Labute approximate surface area is 119 Å². The van der Waals surface area contributed by atoms with Gasteiger partial charge >= 0.3 is 0 Å². The average molecular weight is 267 g/mol. The summed E-state index contributed by atoms with van der Waals surface area (Å²) in [5, 5.41) is 0. The van der Waals surface area contributed by atoms with Crippen molar-refractivity contribution in [3.63, 3.8) is 0 Å². The van der Waals surface area contributed by atoms with Gasteiger partial charge in [-0.3, -0.25) is 4.90 Å². The zero-order chi connectivity index (χ0) is 13.8. The monoisotopic (exact) mass is 267 g/mol. The van der Waals surface area contributed by atoms with Crippen molar-refractivity contribution in [2.24, 2.45) is 23.5 Å². The molecule has 2 rings (SSSR count). The van der Waals surface area contributed by atoms with Crippen molar-refractivity contribution in [2.75, 3.05) is 39.3 Å². The smallest absolute Gasteiger partial charge is 0.0139 e. The van der Waals surface area contributed by atoms with Crippen molar-refractivity contribution >= 4 is 0 Å². The van der Waals surface area contributed by atoms with E-state index in [1.54, 1.807) is 0 Å². The first-order chi connectivity index (χ1) is 9.10. The maximum Gasteiger partial charge on any atom is 0.0139 e. The lowest BCUT2D eigenvalue weighted by Gasteiger charge is -2.45. The molecule has 1 saturated carbocycles. The van der Waals surface area contributed by atoms with E-state index in [9.17, 15) is 0 Å². The van der Waals surface area contributed by atoms with Crippen molar-refractivity contribution in [2.45, 2.75) is 46.1 Å². The molecule has 2 fully saturated rings. The molecule has 3 atom stereocenters. The Morgan fingerprint density at radius 1 is 1.11 bits per heavy atom. The molecule has 112 valence electrons. The van der Waals surface area contributed by atoms with Gasteiger partial charge < -0.3 is 10.6 Å². The molecule has 2 aliphatic rings. The predicted octanol–water partition coefficient (Wildman–Crippen LogP) is 2.02. The van der Waals surface area contributed by atoms with Gasteiger partial charge in [0.2, 0.25) is 0 Å². The number of rotatable bonds is 4. The summed E-state index contributed by atoms with van der Waals surface area (Å²) in [6, 6.07) is 0.759. The van der Waals surface area contributed by atoms with Crippen LogP contribution in [0.2, 0.25) is 0 Å². The fourth-order valence-electron chi connectivity index (χ4n) is 3.93. The van der Waals surface area contributed by atoms with Gasteiger partial charge in [-0.1, -0.05) is 27.2 Å². The largest absolute Gasteiger partial charge is 0.330 e. The second-order valence-electron chi connectivity index (χ2n) is 7.21. The summed E-state index contributed by atoms with van der Waals surface area (Å²) in [5.41, 5.74) is 6.00. The van der Waals surface area contributed by atoms with Gasteiger partial charge in [0.1, 0.15) is 0 Å². The van der Waals surface area contributed by atoms with Crippen molar-refractivity contribution in [3.05, 3.63) is 0 Å². The van der Waals surface area contributed by atoms with E-state index in [4.69, 9.17) is 5.73 Å². The third-order valence-corrected chi connectivity index (χ3v) is 5.02. The SMILES string of the molecule is CC(C)CN1CCN(C2CC(C)CCC2CN)CC1. The summed E-state index contributed by atoms with van der Waals surface area (Å²) in [7, 11) is 0. The summed E-state index contributed by atoms with van der Waals surface area (Å²) in [4.78, 5) is 5.37. The molecule has 0 aromatic carbocycles. The Kier molecular flexibility index (Phi) is 5.67. The van der Waals surface area contributed by atoms with Gasteiger partial charge in [0.05, 0.1) is 0 Å². The average Bonchev–Trinajstić information content (AvgIpc) is 2.39. The highest BCUT2D eigenvalue weighted by atomic mass is 15.3. The van der Waals surface area contributed by atoms with Crippen LogP contribution in [0.1, 0.15) is 40.0 Å². The van der Waals surface area contributed by atoms with Crippen LogP contribution in [-0.2, 0) is 0 Å². The number of hydrogen-bond acceptors (Lipinski definition) is 3. The Balaban J connectivity index is 1.85. The molecule has 3 heteroatoms. The van der Waals surface area contributed by atoms with Crippen LogP contribution >= 0.6 is 0 Å². The summed E-state index contributed by atoms with van der Waals surface area (Å²) in [6.07, 6.45) is 4.09. The molecule has 0 aromatic rings. The molecule has 1 heterocycles. The molecule has 1 aliphatic carbocycles. The van der Waals surface area contributed by atoms with E-state index in [1.807, 2.05) is 0 Å². The zero-order valence-corrected chi connectivity index (χ0v) is 13.1. The first-order valence-electron chi connectivity index (χ1n) is 8.26. The molecule has 3 nitrogen and oxygen atoms in total. The summed E-state index contributed by atoms with van der Waals surface area (Å²) in [6.45, 7) is 14.2. The second-order valence-corrected chi connectivity index (χ2v) is 7.21. The minimum atomic E-state index is 0.743. The molecule has 0 aromatic heterocycles. The highest BCUT2D eigenvalue weighted by Gasteiger charge is 2.33. The number of nitrogens with zero attached hydrogens (tertiary/aromatic N) is 2. The molecule has 19 heavy (non-hydrogen) atoms. The molecule has 0 spiro atoms. The third kappa shape index (κ3) is 4.17. The van der Waals surface area contributed by atoms with Crippen molar-refractivity contribution < 1.29 is 0 Å². The fraction of sp³-hybridized carbons (Fsp3) is 1.00. The van der Waals surface area contributed by atoms with Crippen molar-refractivity contribution in [1.82, 2.24) is 9.80 Å². The van der Waals surface area contributed by atoms with Gasteiger partial charge in [-0.05, 0) is 37.1 Å². The normalized spacial score (nSPS) is 34.9. The van der Waals surface area contributed by atoms with Crippen LogP contribution < -0.4 is 5.73 Å². The van der Waals surface area contributed by atoms with Crippen LogP contribution in [0.25, 0.3) is 0 Å². The number of hydrogen-bond donors (Lipinski definition) is 1. The van der Waals surface area contributed by atoms with E-state index in [0.29, 0.717) is 0 Å². The molecule has 1 saturated heterocycles. The first kappa shape index (κ1) is 15.3. The molecule has 3 unspecified atom stereocenters. The van der Waals surface area contributed by atoms with Crippen LogP contribution in [-0.4, -0.2) is 55.1 Å².